The normalized spacial score (nSPS) is 15.9. The molecule has 1 atom stereocenters. The van der Waals surface area contributed by atoms with Gasteiger partial charge < -0.3 is 5.32 Å². The summed E-state index contributed by atoms with van der Waals surface area (Å²) in [5.74, 6) is -0.230. The van der Waals surface area contributed by atoms with Gasteiger partial charge in [-0.2, -0.15) is 5.10 Å². The number of amides is 2. The van der Waals surface area contributed by atoms with Gasteiger partial charge >= 0.3 is 0 Å². The molecule has 6 nitrogen and oxygen atoms in total. The zero-order chi connectivity index (χ0) is 18.2. The van der Waals surface area contributed by atoms with E-state index in [0.717, 1.165) is 19.5 Å². The molecular formula is C19H28N4O2. The minimum absolute atomic E-state index is 0.0540. The molecular weight excluding hydrogens is 316 g/mol. The molecule has 25 heavy (non-hydrogen) atoms. The number of carbonyl (C=O) groups is 2. The Labute approximate surface area is 149 Å². The summed E-state index contributed by atoms with van der Waals surface area (Å²) in [5.41, 5.74) is 1.69. The predicted molar refractivity (Wildman–Crippen MR) is 99.3 cm³/mol. The number of hydrogen-bond acceptors (Lipinski definition) is 4. The highest BCUT2D eigenvalue weighted by molar-refractivity contribution is 6.39. The van der Waals surface area contributed by atoms with Gasteiger partial charge in [-0.25, -0.2) is 5.01 Å². The van der Waals surface area contributed by atoms with Crippen LogP contribution in [0.5, 0.6) is 0 Å². The van der Waals surface area contributed by atoms with Crippen LogP contribution in [-0.2, 0) is 16.0 Å². The number of hydrogen-bond donors (Lipinski definition) is 1. The van der Waals surface area contributed by atoms with Crippen molar-refractivity contribution in [1.82, 2.24) is 15.2 Å². The van der Waals surface area contributed by atoms with Crippen molar-refractivity contribution in [2.75, 3.05) is 26.7 Å². The third-order valence-electron chi connectivity index (χ3n) is 4.61. The number of likely N-dealkylation sites (N-methyl/N-ethyl adjacent to an activating group) is 1. The summed E-state index contributed by atoms with van der Waals surface area (Å²) in [6.07, 6.45) is 1.63. The van der Waals surface area contributed by atoms with Gasteiger partial charge in [0.25, 0.3) is 5.91 Å². The molecule has 0 radical (unpaired) electrons. The molecule has 0 fully saturated rings. The smallest absolute Gasteiger partial charge is 0.267 e. The first kappa shape index (κ1) is 19.1. The molecule has 0 saturated heterocycles. The maximum absolute atomic E-state index is 12.4. The van der Waals surface area contributed by atoms with Crippen LogP contribution < -0.4 is 5.32 Å². The van der Waals surface area contributed by atoms with E-state index in [0.29, 0.717) is 25.1 Å². The van der Waals surface area contributed by atoms with Crippen LogP contribution in [0.1, 0.15) is 32.3 Å². The van der Waals surface area contributed by atoms with Crippen molar-refractivity contribution in [3.63, 3.8) is 0 Å². The minimum atomic E-state index is -0.176. The van der Waals surface area contributed by atoms with E-state index in [1.54, 1.807) is 7.05 Å². The highest BCUT2D eigenvalue weighted by atomic mass is 16.2. The quantitative estimate of drug-likeness (QED) is 0.780. The molecule has 2 rings (SSSR count). The average Bonchev–Trinajstić information content (AvgIpc) is 2.63. The van der Waals surface area contributed by atoms with Crippen molar-refractivity contribution < 1.29 is 9.59 Å². The molecule has 0 aromatic heterocycles. The molecule has 1 aliphatic heterocycles. The second-order valence-electron chi connectivity index (χ2n) is 6.24. The van der Waals surface area contributed by atoms with Gasteiger partial charge in [-0.15, -0.1) is 0 Å². The van der Waals surface area contributed by atoms with E-state index >= 15 is 0 Å². The van der Waals surface area contributed by atoms with E-state index in [1.807, 2.05) is 18.2 Å². The number of nitrogens with one attached hydrogen (secondary N) is 1. The molecule has 6 heteroatoms. The number of carbonyl (C=O) groups excluding carboxylic acids is 2. The summed E-state index contributed by atoms with van der Waals surface area (Å²) in [6, 6.07) is 10.5. The maximum Gasteiger partial charge on any atom is 0.267 e. The van der Waals surface area contributed by atoms with Gasteiger partial charge in [-0.3, -0.25) is 14.5 Å². The Morgan fingerprint density at radius 2 is 1.92 bits per heavy atom. The Hall–Kier alpha value is -2.21. The van der Waals surface area contributed by atoms with E-state index in [4.69, 9.17) is 0 Å². The third-order valence-corrected chi connectivity index (χ3v) is 4.61. The van der Waals surface area contributed by atoms with Gasteiger partial charge in [-0.1, -0.05) is 44.2 Å². The lowest BCUT2D eigenvalue weighted by Crippen LogP contribution is -2.47. The molecule has 0 spiro atoms. The Balaban J connectivity index is 2.00. The van der Waals surface area contributed by atoms with E-state index in [9.17, 15) is 9.59 Å². The van der Waals surface area contributed by atoms with Crippen molar-refractivity contribution in [2.45, 2.75) is 39.2 Å². The summed E-state index contributed by atoms with van der Waals surface area (Å²) in [5, 5.41) is 8.35. The van der Waals surface area contributed by atoms with Crippen LogP contribution in [0.25, 0.3) is 0 Å². The Morgan fingerprint density at radius 3 is 2.52 bits per heavy atom. The SMILES string of the molecule is CCN(CC)[C@@H](CNC(=O)C1=NN(C)C(=O)CC1)Cc1ccccc1. The topological polar surface area (TPSA) is 65.0 Å². The van der Waals surface area contributed by atoms with E-state index in [2.05, 4.69) is 41.3 Å². The zero-order valence-corrected chi connectivity index (χ0v) is 15.4. The first-order chi connectivity index (χ1) is 12.0. The molecule has 1 aromatic carbocycles. The zero-order valence-electron chi connectivity index (χ0n) is 15.4. The lowest BCUT2D eigenvalue weighted by Gasteiger charge is -2.30. The minimum Gasteiger partial charge on any atom is -0.349 e. The predicted octanol–water partition coefficient (Wildman–Crippen LogP) is 1.66. The summed E-state index contributed by atoms with van der Waals surface area (Å²) in [4.78, 5) is 26.2. The first-order valence-electron chi connectivity index (χ1n) is 8.95. The fraction of sp³-hybridized carbons (Fsp3) is 0.526. The number of rotatable bonds is 8. The molecule has 1 N–H and O–H groups in total. The second kappa shape index (κ2) is 9.32. The average molecular weight is 344 g/mol. The van der Waals surface area contributed by atoms with Gasteiger partial charge in [-0.05, 0) is 25.1 Å². The molecule has 0 saturated carbocycles. The summed E-state index contributed by atoms with van der Waals surface area (Å²) >= 11 is 0. The van der Waals surface area contributed by atoms with Crippen molar-refractivity contribution in [2.24, 2.45) is 5.10 Å². The van der Waals surface area contributed by atoms with Crippen LogP contribution in [0.15, 0.2) is 35.4 Å². The molecule has 1 aromatic rings. The molecule has 1 aliphatic rings. The standard InChI is InChI=1S/C19H28N4O2/c1-4-23(5-2)16(13-15-9-7-6-8-10-15)14-20-19(25)17-11-12-18(24)22(3)21-17/h6-10,16H,4-5,11-14H2,1-3H3,(H,20,25)/t16-/m1/s1. The van der Waals surface area contributed by atoms with Crippen LogP contribution in [0, 0.1) is 0 Å². The molecule has 2 amide bonds. The Kier molecular flexibility index (Phi) is 7.13. The highest BCUT2D eigenvalue weighted by Crippen LogP contribution is 2.10. The fourth-order valence-corrected chi connectivity index (χ4v) is 3.10. The van der Waals surface area contributed by atoms with Crippen LogP contribution in [0.2, 0.25) is 0 Å². The van der Waals surface area contributed by atoms with Crippen LogP contribution in [0.3, 0.4) is 0 Å². The molecule has 0 bridgehead atoms. The van der Waals surface area contributed by atoms with Crippen molar-refractivity contribution in [3.05, 3.63) is 35.9 Å². The lowest BCUT2D eigenvalue weighted by atomic mass is 10.0. The lowest BCUT2D eigenvalue weighted by molar-refractivity contribution is -0.130. The Bertz CT molecular complexity index is 611. The molecule has 0 unspecified atom stereocenters. The second-order valence-corrected chi connectivity index (χ2v) is 6.24. The first-order valence-corrected chi connectivity index (χ1v) is 8.95. The highest BCUT2D eigenvalue weighted by Gasteiger charge is 2.23. The van der Waals surface area contributed by atoms with E-state index in [1.165, 1.54) is 10.6 Å². The third kappa shape index (κ3) is 5.39. The molecule has 136 valence electrons. The number of benzene rings is 1. The van der Waals surface area contributed by atoms with E-state index in [-0.39, 0.29) is 17.9 Å². The van der Waals surface area contributed by atoms with Crippen molar-refractivity contribution in [3.8, 4) is 0 Å². The monoisotopic (exact) mass is 344 g/mol. The van der Waals surface area contributed by atoms with Gasteiger partial charge in [0.05, 0.1) is 0 Å². The summed E-state index contributed by atoms with van der Waals surface area (Å²) in [7, 11) is 1.59. The largest absolute Gasteiger partial charge is 0.349 e. The maximum atomic E-state index is 12.4. The molecule has 1 heterocycles. The van der Waals surface area contributed by atoms with Gasteiger partial charge in [0, 0.05) is 32.5 Å². The summed E-state index contributed by atoms with van der Waals surface area (Å²) in [6.45, 7) is 6.69. The molecule has 0 aliphatic carbocycles. The number of hydrazone groups is 1. The van der Waals surface area contributed by atoms with E-state index < -0.39 is 0 Å². The van der Waals surface area contributed by atoms with Gasteiger partial charge in [0.1, 0.15) is 5.71 Å². The van der Waals surface area contributed by atoms with Crippen LogP contribution in [-0.4, -0.2) is 60.2 Å². The van der Waals surface area contributed by atoms with Crippen molar-refractivity contribution in [1.29, 1.82) is 0 Å². The summed E-state index contributed by atoms with van der Waals surface area (Å²) < 4.78 is 0. The van der Waals surface area contributed by atoms with Gasteiger partial charge in [0.15, 0.2) is 0 Å². The fourth-order valence-electron chi connectivity index (χ4n) is 3.10. The Morgan fingerprint density at radius 1 is 1.24 bits per heavy atom. The van der Waals surface area contributed by atoms with Crippen LogP contribution >= 0.6 is 0 Å². The van der Waals surface area contributed by atoms with Crippen LogP contribution in [0.4, 0.5) is 0 Å². The van der Waals surface area contributed by atoms with Crippen molar-refractivity contribution >= 4 is 17.5 Å². The van der Waals surface area contributed by atoms with Gasteiger partial charge in [0.2, 0.25) is 5.91 Å². The number of nitrogens with zero attached hydrogens (tertiary/aromatic N) is 3.